The number of halogens is 1. The first-order chi connectivity index (χ1) is 9.22. The third-order valence-corrected chi connectivity index (χ3v) is 4.53. The van der Waals surface area contributed by atoms with Crippen LogP contribution < -0.4 is 0 Å². The van der Waals surface area contributed by atoms with E-state index in [4.69, 9.17) is 0 Å². The molecule has 2 fully saturated rings. The maximum atomic E-state index is 12.2. The number of carbonyl (C=O) groups excluding carboxylic acids is 1. The number of hydrogen-bond acceptors (Lipinski definition) is 3. The molecule has 0 atom stereocenters. The van der Waals surface area contributed by atoms with Gasteiger partial charge in [0.25, 0.3) is 0 Å². The summed E-state index contributed by atoms with van der Waals surface area (Å²) in [6, 6.07) is 8.50. The summed E-state index contributed by atoms with van der Waals surface area (Å²) >= 11 is 3.39. The van der Waals surface area contributed by atoms with Crippen LogP contribution in [0, 0.1) is 0 Å². The fraction of sp³-hybridized carbons (Fsp3) is 0.533. The van der Waals surface area contributed by atoms with Crippen molar-refractivity contribution in [1.82, 2.24) is 9.80 Å². The minimum atomic E-state index is 0.229. The minimum absolute atomic E-state index is 0.229. The second kappa shape index (κ2) is 5.73. The van der Waals surface area contributed by atoms with Crippen LogP contribution in [0.15, 0.2) is 28.7 Å². The van der Waals surface area contributed by atoms with E-state index in [0.29, 0.717) is 6.54 Å². The highest BCUT2D eigenvalue weighted by Crippen LogP contribution is 2.27. The van der Waals surface area contributed by atoms with E-state index in [1.807, 2.05) is 24.3 Å². The molecule has 0 bridgehead atoms. The summed E-state index contributed by atoms with van der Waals surface area (Å²) in [5.41, 5.74) is 0.813. The van der Waals surface area contributed by atoms with E-state index in [1.165, 1.54) is 12.8 Å². The van der Waals surface area contributed by atoms with Crippen LogP contribution in [0.4, 0.5) is 0 Å². The molecule has 0 spiro atoms. The van der Waals surface area contributed by atoms with Crippen LogP contribution in [0.1, 0.15) is 23.2 Å². The number of carbonyl (C=O) groups is 1. The Morgan fingerprint density at radius 1 is 1.11 bits per heavy atom. The van der Waals surface area contributed by atoms with Crippen LogP contribution in [-0.2, 0) is 0 Å². The van der Waals surface area contributed by atoms with Crippen molar-refractivity contribution in [3.63, 3.8) is 0 Å². The van der Waals surface area contributed by atoms with Crippen LogP contribution in [0.5, 0.6) is 0 Å². The lowest BCUT2D eigenvalue weighted by Crippen LogP contribution is -2.48. The van der Waals surface area contributed by atoms with Crippen molar-refractivity contribution in [1.29, 1.82) is 0 Å². The number of Topliss-reactive ketones (excluding diaryl/α,β-unsaturated/α-hetero) is 1. The Labute approximate surface area is 122 Å². The minimum Gasteiger partial charge on any atom is -0.298 e. The summed E-state index contributed by atoms with van der Waals surface area (Å²) in [5, 5.41) is 0. The van der Waals surface area contributed by atoms with E-state index in [2.05, 4.69) is 25.7 Å². The van der Waals surface area contributed by atoms with Gasteiger partial charge in [0.05, 0.1) is 6.54 Å². The number of rotatable bonds is 4. The van der Waals surface area contributed by atoms with Gasteiger partial charge in [0.2, 0.25) is 0 Å². The molecule has 0 aromatic heterocycles. The monoisotopic (exact) mass is 322 g/mol. The fourth-order valence-electron chi connectivity index (χ4n) is 2.66. The molecule has 1 heterocycles. The number of nitrogens with zero attached hydrogens (tertiary/aromatic N) is 2. The predicted octanol–water partition coefficient (Wildman–Crippen LogP) is 2.41. The zero-order chi connectivity index (χ0) is 13.2. The van der Waals surface area contributed by atoms with Crippen LogP contribution >= 0.6 is 15.9 Å². The second-order valence-electron chi connectivity index (χ2n) is 5.47. The van der Waals surface area contributed by atoms with Crippen LogP contribution in [0.3, 0.4) is 0 Å². The molecule has 4 heteroatoms. The van der Waals surface area contributed by atoms with Crippen LogP contribution in [-0.4, -0.2) is 54.3 Å². The smallest absolute Gasteiger partial charge is 0.176 e. The first kappa shape index (κ1) is 13.3. The standard InChI is InChI=1S/C15H19BrN2O/c16-13-3-1-12(2-4-13)15(19)11-17-7-9-18(10-8-17)14-5-6-14/h1-4,14H,5-11H2. The van der Waals surface area contributed by atoms with Gasteiger partial charge in [0.1, 0.15) is 0 Å². The Morgan fingerprint density at radius 3 is 2.32 bits per heavy atom. The highest BCUT2D eigenvalue weighted by Gasteiger charge is 2.31. The molecule has 1 aromatic rings. The average molecular weight is 323 g/mol. The van der Waals surface area contributed by atoms with E-state index >= 15 is 0 Å². The molecule has 0 N–H and O–H groups in total. The molecule has 1 saturated carbocycles. The maximum Gasteiger partial charge on any atom is 0.176 e. The summed E-state index contributed by atoms with van der Waals surface area (Å²) < 4.78 is 1.02. The van der Waals surface area contributed by atoms with Crippen molar-refractivity contribution in [2.24, 2.45) is 0 Å². The lowest BCUT2D eigenvalue weighted by Gasteiger charge is -2.34. The van der Waals surface area contributed by atoms with Gasteiger partial charge in [0, 0.05) is 42.3 Å². The first-order valence-electron chi connectivity index (χ1n) is 6.97. The van der Waals surface area contributed by atoms with E-state index in [1.54, 1.807) is 0 Å². The van der Waals surface area contributed by atoms with Gasteiger partial charge in [-0.1, -0.05) is 28.1 Å². The lowest BCUT2D eigenvalue weighted by molar-refractivity contribution is 0.0843. The Hall–Kier alpha value is -0.710. The molecule has 1 aliphatic carbocycles. The summed E-state index contributed by atoms with van der Waals surface area (Å²) in [7, 11) is 0. The Morgan fingerprint density at radius 2 is 1.74 bits per heavy atom. The molecular weight excluding hydrogens is 304 g/mol. The van der Waals surface area contributed by atoms with Gasteiger partial charge in [-0.25, -0.2) is 0 Å². The molecular formula is C15H19BrN2O. The largest absolute Gasteiger partial charge is 0.298 e. The number of benzene rings is 1. The third kappa shape index (κ3) is 3.44. The summed E-state index contributed by atoms with van der Waals surface area (Å²) in [6.45, 7) is 4.86. The highest BCUT2D eigenvalue weighted by atomic mass is 79.9. The second-order valence-corrected chi connectivity index (χ2v) is 6.39. The number of ketones is 1. The molecule has 1 aliphatic heterocycles. The van der Waals surface area contributed by atoms with E-state index < -0.39 is 0 Å². The lowest BCUT2D eigenvalue weighted by atomic mass is 10.1. The molecule has 0 unspecified atom stereocenters. The fourth-order valence-corrected chi connectivity index (χ4v) is 2.92. The molecule has 0 amide bonds. The van der Waals surface area contributed by atoms with E-state index in [9.17, 15) is 4.79 Å². The maximum absolute atomic E-state index is 12.2. The van der Waals surface area contributed by atoms with Crippen molar-refractivity contribution in [2.75, 3.05) is 32.7 Å². The van der Waals surface area contributed by atoms with Gasteiger partial charge < -0.3 is 0 Å². The SMILES string of the molecule is O=C(CN1CCN(C2CC2)CC1)c1ccc(Br)cc1. The van der Waals surface area contributed by atoms with Crippen molar-refractivity contribution in [3.05, 3.63) is 34.3 Å². The molecule has 2 aliphatic rings. The normalized spacial score (nSPS) is 21.5. The molecule has 3 rings (SSSR count). The van der Waals surface area contributed by atoms with Crippen molar-refractivity contribution in [3.8, 4) is 0 Å². The Balaban J connectivity index is 1.51. The molecule has 1 saturated heterocycles. The third-order valence-electron chi connectivity index (χ3n) is 4.00. The summed E-state index contributed by atoms with van der Waals surface area (Å²) in [4.78, 5) is 17.0. The topological polar surface area (TPSA) is 23.6 Å². The zero-order valence-corrected chi connectivity index (χ0v) is 12.6. The van der Waals surface area contributed by atoms with Gasteiger partial charge in [-0.2, -0.15) is 0 Å². The van der Waals surface area contributed by atoms with Gasteiger partial charge in [-0.05, 0) is 25.0 Å². The summed E-state index contributed by atoms with van der Waals surface area (Å²) in [5.74, 6) is 0.229. The molecule has 3 nitrogen and oxygen atoms in total. The van der Waals surface area contributed by atoms with Crippen LogP contribution in [0.2, 0.25) is 0 Å². The quantitative estimate of drug-likeness (QED) is 0.795. The van der Waals surface area contributed by atoms with E-state index in [-0.39, 0.29) is 5.78 Å². The highest BCUT2D eigenvalue weighted by molar-refractivity contribution is 9.10. The van der Waals surface area contributed by atoms with Crippen molar-refractivity contribution >= 4 is 21.7 Å². The number of piperazine rings is 1. The average Bonchev–Trinajstić information content (AvgIpc) is 3.25. The van der Waals surface area contributed by atoms with E-state index in [0.717, 1.165) is 42.3 Å². The van der Waals surface area contributed by atoms with Gasteiger partial charge in [-0.15, -0.1) is 0 Å². The van der Waals surface area contributed by atoms with Crippen molar-refractivity contribution < 1.29 is 4.79 Å². The summed E-state index contributed by atoms with van der Waals surface area (Å²) in [6.07, 6.45) is 2.75. The Bertz CT molecular complexity index is 448. The first-order valence-corrected chi connectivity index (χ1v) is 7.77. The zero-order valence-electron chi connectivity index (χ0n) is 11.0. The predicted molar refractivity (Wildman–Crippen MR) is 79.5 cm³/mol. The molecule has 1 aromatic carbocycles. The molecule has 0 radical (unpaired) electrons. The van der Waals surface area contributed by atoms with Crippen LogP contribution in [0.25, 0.3) is 0 Å². The Kier molecular flexibility index (Phi) is 4.01. The van der Waals surface area contributed by atoms with Gasteiger partial charge in [-0.3, -0.25) is 14.6 Å². The van der Waals surface area contributed by atoms with Gasteiger partial charge >= 0.3 is 0 Å². The van der Waals surface area contributed by atoms with Gasteiger partial charge in [0.15, 0.2) is 5.78 Å². The molecule has 19 heavy (non-hydrogen) atoms. The molecule has 102 valence electrons. The van der Waals surface area contributed by atoms with Crippen molar-refractivity contribution in [2.45, 2.75) is 18.9 Å². The number of hydrogen-bond donors (Lipinski definition) is 0.